The summed E-state index contributed by atoms with van der Waals surface area (Å²) >= 11 is 0. The smallest absolute Gasteiger partial charge is 0.251 e. The fourth-order valence-corrected chi connectivity index (χ4v) is 3.88. The summed E-state index contributed by atoms with van der Waals surface area (Å²) in [6, 6.07) is 12.8. The minimum absolute atomic E-state index is 0.0799. The molecule has 1 amide bonds. The summed E-state index contributed by atoms with van der Waals surface area (Å²) in [7, 11) is 0. The van der Waals surface area contributed by atoms with E-state index in [2.05, 4.69) is 51.8 Å². The molecule has 0 bridgehead atoms. The Labute approximate surface area is 209 Å². The van der Waals surface area contributed by atoms with Crippen molar-refractivity contribution in [2.24, 2.45) is 17.8 Å². The van der Waals surface area contributed by atoms with Gasteiger partial charge in [0.1, 0.15) is 5.82 Å². The number of pyridine rings is 1. The van der Waals surface area contributed by atoms with E-state index in [9.17, 15) is 9.18 Å². The van der Waals surface area contributed by atoms with Crippen LogP contribution in [0.3, 0.4) is 0 Å². The SMILES string of the molecule is CC.C[C@H]1CC1CNc1cc(C(=O)N[C@H](CCNCC#CC2CC2)Cc2ccccc2)cc(F)n1. The Bertz CT molecular complexity index is 997. The maximum Gasteiger partial charge on any atom is 0.251 e. The Kier molecular flexibility index (Phi) is 10.6. The lowest BCUT2D eigenvalue weighted by atomic mass is 10.0. The van der Waals surface area contributed by atoms with Crippen molar-refractivity contribution in [2.75, 3.05) is 25.0 Å². The Morgan fingerprint density at radius 1 is 1.20 bits per heavy atom. The molecular formula is C29H39FN4O. The summed E-state index contributed by atoms with van der Waals surface area (Å²) in [5.41, 5.74) is 1.44. The molecular weight excluding hydrogens is 439 g/mol. The van der Waals surface area contributed by atoms with Crippen molar-refractivity contribution in [3.63, 3.8) is 0 Å². The van der Waals surface area contributed by atoms with Gasteiger partial charge in [-0.05, 0) is 62.1 Å². The van der Waals surface area contributed by atoms with Crippen molar-refractivity contribution < 1.29 is 9.18 Å². The first kappa shape index (κ1) is 26.7. The first-order chi connectivity index (χ1) is 17.1. The van der Waals surface area contributed by atoms with E-state index in [0.29, 0.717) is 36.5 Å². The highest BCUT2D eigenvalue weighted by atomic mass is 19.1. The van der Waals surface area contributed by atoms with Gasteiger partial charge < -0.3 is 16.0 Å². The van der Waals surface area contributed by atoms with E-state index in [1.54, 1.807) is 6.07 Å². The van der Waals surface area contributed by atoms with Crippen LogP contribution >= 0.6 is 0 Å². The van der Waals surface area contributed by atoms with Crippen molar-refractivity contribution in [1.29, 1.82) is 0 Å². The molecule has 3 atom stereocenters. The van der Waals surface area contributed by atoms with Gasteiger partial charge in [-0.3, -0.25) is 4.79 Å². The monoisotopic (exact) mass is 478 g/mol. The zero-order chi connectivity index (χ0) is 25.0. The largest absolute Gasteiger partial charge is 0.370 e. The molecule has 2 fully saturated rings. The van der Waals surface area contributed by atoms with E-state index in [4.69, 9.17) is 0 Å². The molecule has 1 unspecified atom stereocenters. The lowest BCUT2D eigenvalue weighted by molar-refractivity contribution is 0.0934. The number of benzene rings is 1. The van der Waals surface area contributed by atoms with Crippen LogP contribution < -0.4 is 16.0 Å². The molecule has 1 heterocycles. The van der Waals surface area contributed by atoms with Crippen molar-refractivity contribution in [2.45, 2.75) is 58.9 Å². The number of amides is 1. The third kappa shape index (κ3) is 9.70. The molecule has 1 aromatic carbocycles. The van der Waals surface area contributed by atoms with Crippen molar-refractivity contribution >= 4 is 11.7 Å². The quantitative estimate of drug-likeness (QED) is 0.240. The lowest BCUT2D eigenvalue weighted by Crippen LogP contribution is -2.38. The summed E-state index contributed by atoms with van der Waals surface area (Å²) in [6.45, 7) is 8.36. The van der Waals surface area contributed by atoms with E-state index < -0.39 is 5.95 Å². The highest BCUT2D eigenvalue weighted by Gasteiger charge is 2.32. The van der Waals surface area contributed by atoms with Crippen LogP contribution in [0.4, 0.5) is 10.2 Å². The molecule has 0 aliphatic heterocycles. The van der Waals surface area contributed by atoms with Crippen LogP contribution in [0.1, 0.15) is 62.4 Å². The number of anilines is 1. The number of aromatic nitrogens is 1. The van der Waals surface area contributed by atoms with Crippen LogP contribution in [-0.2, 0) is 6.42 Å². The second-order valence-corrected chi connectivity index (χ2v) is 9.34. The summed E-state index contributed by atoms with van der Waals surface area (Å²) in [5.74, 6) is 7.79. The molecule has 6 heteroatoms. The number of nitrogens with one attached hydrogen (secondary N) is 3. The van der Waals surface area contributed by atoms with Gasteiger partial charge in [-0.15, -0.1) is 0 Å². The van der Waals surface area contributed by atoms with Crippen LogP contribution in [0.2, 0.25) is 0 Å². The molecule has 0 radical (unpaired) electrons. The van der Waals surface area contributed by atoms with Crippen molar-refractivity contribution in [3.8, 4) is 11.8 Å². The Hall–Kier alpha value is -2.91. The van der Waals surface area contributed by atoms with Gasteiger partial charge in [-0.1, -0.05) is 62.9 Å². The topological polar surface area (TPSA) is 66.1 Å². The standard InChI is InChI=1S/C27H33FN4O.C2H6/c1-19-14-23(19)18-30-26-17-22(16-25(28)32-26)27(33)31-24(15-21-6-3-2-4-7-21)11-13-29-12-5-8-20-9-10-20;1-2/h2-4,6-7,16-17,19-20,23-24,29H,9-15,18H2,1H3,(H,30,32)(H,31,33);1-2H3/t19-,23?,24+;/m0./s1. The molecule has 2 saturated carbocycles. The molecule has 1 aromatic heterocycles. The van der Waals surface area contributed by atoms with E-state index in [-0.39, 0.29) is 17.5 Å². The number of nitrogens with zero attached hydrogens (tertiary/aromatic N) is 1. The van der Waals surface area contributed by atoms with E-state index in [1.165, 1.54) is 25.3 Å². The fourth-order valence-electron chi connectivity index (χ4n) is 3.88. The molecule has 4 rings (SSSR count). The summed E-state index contributed by atoms with van der Waals surface area (Å²) in [5, 5.41) is 9.63. The minimum Gasteiger partial charge on any atom is -0.370 e. The highest BCUT2D eigenvalue weighted by Crippen LogP contribution is 2.37. The molecule has 35 heavy (non-hydrogen) atoms. The van der Waals surface area contributed by atoms with Gasteiger partial charge >= 0.3 is 0 Å². The maximum atomic E-state index is 14.1. The van der Waals surface area contributed by atoms with E-state index in [0.717, 1.165) is 25.1 Å². The van der Waals surface area contributed by atoms with Crippen LogP contribution in [-0.4, -0.2) is 36.6 Å². The van der Waals surface area contributed by atoms with Gasteiger partial charge in [0, 0.05) is 30.1 Å². The zero-order valence-electron chi connectivity index (χ0n) is 21.2. The summed E-state index contributed by atoms with van der Waals surface area (Å²) < 4.78 is 14.1. The number of carbonyl (C=O) groups excluding carboxylic acids is 1. The third-order valence-electron chi connectivity index (χ3n) is 6.30. The molecule has 2 aromatic rings. The number of carbonyl (C=O) groups is 1. The van der Waals surface area contributed by atoms with E-state index >= 15 is 0 Å². The van der Waals surface area contributed by atoms with Crippen LogP contribution in [0.25, 0.3) is 0 Å². The second-order valence-electron chi connectivity index (χ2n) is 9.34. The van der Waals surface area contributed by atoms with Gasteiger partial charge in [0.2, 0.25) is 5.95 Å². The number of hydrogen-bond donors (Lipinski definition) is 3. The van der Waals surface area contributed by atoms with Crippen molar-refractivity contribution in [3.05, 3.63) is 59.5 Å². The number of halogens is 1. The van der Waals surface area contributed by atoms with Gasteiger partial charge in [0.15, 0.2) is 0 Å². The fraction of sp³-hybridized carbons (Fsp3) is 0.517. The van der Waals surface area contributed by atoms with Gasteiger partial charge in [0.05, 0.1) is 6.54 Å². The highest BCUT2D eigenvalue weighted by molar-refractivity contribution is 5.95. The average Bonchev–Trinajstić information content (AvgIpc) is 3.80. The first-order valence-corrected chi connectivity index (χ1v) is 13.0. The molecule has 5 nitrogen and oxygen atoms in total. The van der Waals surface area contributed by atoms with Crippen LogP contribution in [0, 0.1) is 35.5 Å². The first-order valence-electron chi connectivity index (χ1n) is 13.0. The van der Waals surface area contributed by atoms with Gasteiger partial charge in [0.25, 0.3) is 5.91 Å². The zero-order valence-corrected chi connectivity index (χ0v) is 21.2. The van der Waals surface area contributed by atoms with E-state index in [1.807, 2.05) is 32.0 Å². The van der Waals surface area contributed by atoms with Gasteiger partial charge in [-0.2, -0.15) is 4.39 Å². The predicted molar refractivity (Wildman–Crippen MR) is 141 cm³/mol. The summed E-state index contributed by atoms with van der Waals surface area (Å²) in [4.78, 5) is 16.9. The average molecular weight is 479 g/mol. The Morgan fingerprint density at radius 2 is 1.94 bits per heavy atom. The molecule has 2 aliphatic rings. The minimum atomic E-state index is -0.649. The molecule has 3 N–H and O–H groups in total. The third-order valence-corrected chi connectivity index (χ3v) is 6.30. The second kappa shape index (κ2) is 13.8. The number of hydrogen-bond acceptors (Lipinski definition) is 4. The maximum absolute atomic E-state index is 14.1. The molecule has 0 spiro atoms. The Balaban J connectivity index is 0.00000167. The molecule has 2 aliphatic carbocycles. The van der Waals surface area contributed by atoms with Crippen LogP contribution in [0.5, 0.6) is 0 Å². The predicted octanol–water partition coefficient (Wildman–Crippen LogP) is 5.05. The summed E-state index contributed by atoms with van der Waals surface area (Å²) in [6.07, 6.45) is 5.09. The molecule has 188 valence electrons. The molecule has 0 saturated heterocycles. The van der Waals surface area contributed by atoms with Crippen LogP contribution in [0.15, 0.2) is 42.5 Å². The normalized spacial score (nSPS) is 18.9. The van der Waals surface area contributed by atoms with Gasteiger partial charge in [-0.25, -0.2) is 4.98 Å². The lowest BCUT2D eigenvalue weighted by Gasteiger charge is -2.19. The Morgan fingerprint density at radius 3 is 2.63 bits per heavy atom. The number of rotatable bonds is 11. The van der Waals surface area contributed by atoms with Crippen molar-refractivity contribution in [1.82, 2.24) is 15.6 Å².